The Labute approximate surface area is 186 Å². The van der Waals surface area contributed by atoms with E-state index in [2.05, 4.69) is 26.2 Å². The van der Waals surface area contributed by atoms with Gasteiger partial charge in [0.05, 0.1) is 35.8 Å². The lowest BCUT2D eigenvalue weighted by Crippen LogP contribution is -2.29. The van der Waals surface area contributed by atoms with Crippen molar-refractivity contribution in [3.63, 3.8) is 0 Å². The monoisotopic (exact) mass is 493 g/mol. The molecule has 0 saturated heterocycles. The minimum absolute atomic E-state index is 0.0903. The molecule has 0 fully saturated rings. The molecule has 1 aromatic heterocycles. The van der Waals surface area contributed by atoms with Crippen molar-refractivity contribution < 1.29 is 13.9 Å². The maximum atomic E-state index is 13.1. The second-order valence-corrected chi connectivity index (χ2v) is 8.49. The Hall–Kier alpha value is -2.23. The van der Waals surface area contributed by atoms with Crippen LogP contribution in [0.3, 0.4) is 0 Å². The van der Waals surface area contributed by atoms with E-state index in [4.69, 9.17) is 4.74 Å². The number of carbonyl (C=O) groups excluding carboxylic acids is 1. The van der Waals surface area contributed by atoms with Gasteiger partial charge in [0.2, 0.25) is 5.91 Å². The maximum Gasteiger partial charge on any atom is 0.262 e. The van der Waals surface area contributed by atoms with Crippen LogP contribution < -0.4 is 10.9 Å². The summed E-state index contributed by atoms with van der Waals surface area (Å²) < 4.78 is 20.5. The predicted octanol–water partition coefficient (Wildman–Crippen LogP) is 3.91. The lowest BCUT2D eigenvalue weighted by molar-refractivity contribution is -0.119. The molecule has 9 heteroatoms. The fourth-order valence-corrected chi connectivity index (χ4v) is 4.11. The van der Waals surface area contributed by atoms with Crippen molar-refractivity contribution in [3.05, 3.63) is 68.7 Å². The van der Waals surface area contributed by atoms with Crippen LogP contribution in [0.2, 0.25) is 0 Å². The molecule has 1 unspecified atom stereocenters. The summed E-state index contributed by atoms with van der Waals surface area (Å²) in [5.41, 5.74) is 1.20. The lowest BCUT2D eigenvalue weighted by atomic mass is 10.1. The molecule has 0 saturated carbocycles. The van der Waals surface area contributed by atoms with E-state index in [1.54, 1.807) is 31.4 Å². The molecule has 1 atom stereocenters. The molecule has 0 aliphatic heterocycles. The Kier molecular flexibility index (Phi) is 7.63. The van der Waals surface area contributed by atoms with Crippen LogP contribution in [0.1, 0.15) is 18.5 Å². The Bertz CT molecular complexity index is 1110. The largest absolute Gasteiger partial charge is 0.383 e. The Morgan fingerprint density at radius 2 is 2.03 bits per heavy atom. The fraction of sp³-hybridized carbons (Fsp3) is 0.286. The number of methoxy groups -OCH3 is 1. The van der Waals surface area contributed by atoms with Gasteiger partial charge in [0.25, 0.3) is 5.56 Å². The zero-order valence-electron chi connectivity index (χ0n) is 16.5. The van der Waals surface area contributed by atoms with Gasteiger partial charge in [-0.25, -0.2) is 9.37 Å². The van der Waals surface area contributed by atoms with Crippen LogP contribution in [0.4, 0.5) is 4.39 Å². The van der Waals surface area contributed by atoms with Crippen LogP contribution in [0.5, 0.6) is 0 Å². The van der Waals surface area contributed by atoms with Gasteiger partial charge in [-0.15, -0.1) is 0 Å². The van der Waals surface area contributed by atoms with E-state index >= 15 is 0 Å². The fourth-order valence-electron chi connectivity index (χ4n) is 2.91. The van der Waals surface area contributed by atoms with E-state index in [0.717, 1.165) is 10.0 Å². The number of halogens is 2. The highest BCUT2D eigenvalue weighted by Gasteiger charge is 2.15. The summed E-state index contributed by atoms with van der Waals surface area (Å²) >= 11 is 4.57. The highest BCUT2D eigenvalue weighted by atomic mass is 79.9. The van der Waals surface area contributed by atoms with E-state index in [1.165, 1.54) is 28.5 Å². The highest BCUT2D eigenvalue weighted by molar-refractivity contribution is 9.10. The molecule has 158 valence electrons. The van der Waals surface area contributed by atoms with Gasteiger partial charge in [-0.3, -0.25) is 14.2 Å². The molecule has 1 amide bonds. The summed E-state index contributed by atoms with van der Waals surface area (Å²) in [5, 5.41) is 3.83. The van der Waals surface area contributed by atoms with Gasteiger partial charge in [-0.1, -0.05) is 39.8 Å². The second kappa shape index (κ2) is 10.2. The number of aromatic nitrogens is 2. The molecule has 0 radical (unpaired) electrons. The van der Waals surface area contributed by atoms with E-state index < -0.39 is 0 Å². The maximum absolute atomic E-state index is 13.1. The van der Waals surface area contributed by atoms with Gasteiger partial charge < -0.3 is 10.1 Å². The number of carbonyl (C=O) groups is 1. The molecular weight excluding hydrogens is 473 g/mol. The molecule has 3 rings (SSSR count). The quantitative estimate of drug-likeness (QED) is 0.380. The van der Waals surface area contributed by atoms with Crippen molar-refractivity contribution in [2.75, 3.05) is 19.5 Å². The number of nitrogens with one attached hydrogen (secondary N) is 1. The predicted molar refractivity (Wildman–Crippen MR) is 119 cm³/mol. The third-order valence-electron chi connectivity index (χ3n) is 4.48. The summed E-state index contributed by atoms with van der Waals surface area (Å²) in [7, 11) is 1.56. The van der Waals surface area contributed by atoms with Crippen molar-refractivity contribution in [2.24, 2.45) is 0 Å². The van der Waals surface area contributed by atoms with E-state index in [1.807, 2.05) is 13.0 Å². The van der Waals surface area contributed by atoms with E-state index in [0.29, 0.717) is 29.2 Å². The van der Waals surface area contributed by atoms with Crippen LogP contribution in [-0.4, -0.2) is 34.9 Å². The first kappa shape index (κ1) is 22.5. The third-order valence-corrected chi connectivity index (χ3v) is 5.95. The standard InChI is InChI=1S/C21H21BrFN3O3S/c1-13(14-3-6-16(23)7-4-14)24-19(27)12-30-21-25-18-8-5-15(22)11-17(18)20(28)26(21)9-10-29-2/h3-8,11,13H,9-10,12H2,1-2H3,(H,24,27). The van der Waals surface area contributed by atoms with Gasteiger partial charge in [-0.2, -0.15) is 0 Å². The van der Waals surface area contributed by atoms with Crippen LogP contribution >= 0.6 is 27.7 Å². The summed E-state index contributed by atoms with van der Waals surface area (Å²) in [6.45, 7) is 2.51. The summed E-state index contributed by atoms with van der Waals surface area (Å²) in [6.07, 6.45) is 0. The average Bonchev–Trinajstić information content (AvgIpc) is 2.72. The summed E-state index contributed by atoms with van der Waals surface area (Å²) in [4.78, 5) is 30.0. The Balaban J connectivity index is 1.76. The van der Waals surface area contributed by atoms with Crippen LogP contribution in [0.15, 0.2) is 56.9 Å². The van der Waals surface area contributed by atoms with E-state index in [9.17, 15) is 14.0 Å². The first-order chi connectivity index (χ1) is 14.4. The molecule has 0 aliphatic carbocycles. The van der Waals surface area contributed by atoms with Crippen molar-refractivity contribution in [1.29, 1.82) is 0 Å². The minimum Gasteiger partial charge on any atom is -0.383 e. The number of hydrogen-bond acceptors (Lipinski definition) is 5. The first-order valence-corrected chi connectivity index (χ1v) is 11.0. The number of amides is 1. The van der Waals surface area contributed by atoms with Gasteiger partial charge in [0.15, 0.2) is 5.16 Å². The molecular formula is C21H21BrFN3O3S. The molecule has 6 nitrogen and oxygen atoms in total. The summed E-state index contributed by atoms with van der Waals surface area (Å²) in [6, 6.07) is 11.0. The average molecular weight is 494 g/mol. The van der Waals surface area contributed by atoms with Crippen molar-refractivity contribution in [2.45, 2.75) is 24.7 Å². The van der Waals surface area contributed by atoms with Crippen LogP contribution in [0, 0.1) is 5.82 Å². The topological polar surface area (TPSA) is 73.2 Å². The van der Waals surface area contributed by atoms with E-state index in [-0.39, 0.29) is 29.1 Å². The molecule has 30 heavy (non-hydrogen) atoms. The van der Waals surface area contributed by atoms with Crippen molar-refractivity contribution in [1.82, 2.24) is 14.9 Å². The second-order valence-electron chi connectivity index (χ2n) is 6.63. The number of thioether (sulfide) groups is 1. The van der Waals surface area contributed by atoms with Crippen LogP contribution in [-0.2, 0) is 16.1 Å². The van der Waals surface area contributed by atoms with Gasteiger partial charge in [0, 0.05) is 11.6 Å². The molecule has 1 N–H and O–H groups in total. The molecule has 3 aromatic rings. The number of benzene rings is 2. The zero-order valence-corrected chi connectivity index (χ0v) is 18.9. The lowest BCUT2D eigenvalue weighted by Gasteiger charge is -2.15. The Morgan fingerprint density at radius 1 is 1.30 bits per heavy atom. The molecule has 0 bridgehead atoms. The number of nitrogens with zero attached hydrogens (tertiary/aromatic N) is 2. The molecule has 0 spiro atoms. The van der Waals surface area contributed by atoms with Crippen molar-refractivity contribution in [3.8, 4) is 0 Å². The minimum atomic E-state index is -0.323. The zero-order chi connectivity index (χ0) is 21.7. The number of hydrogen-bond donors (Lipinski definition) is 1. The SMILES string of the molecule is COCCn1c(SCC(=O)NC(C)c2ccc(F)cc2)nc2ccc(Br)cc2c1=O. The number of ether oxygens (including phenoxy) is 1. The Morgan fingerprint density at radius 3 is 2.73 bits per heavy atom. The van der Waals surface area contributed by atoms with Crippen LogP contribution in [0.25, 0.3) is 10.9 Å². The van der Waals surface area contributed by atoms with Crippen molar-refractivity contribution >= 4 is 44.5 Å². The summed E-state index contributed by atoms with van der Waals surface area (Å²) in [5.74, 6) is -0.441. The van der Waals surface area contributed by atoms with Gasteiger partial charge in [-0.05, 0) is 42.8 Å². The smallest absolute Gasteiger partial charge is 0.262 e. The third kappa shape index (κ3) is 5.47. The molecule has 1 heterocycles. The number of rotatable bonds is 8. The first-order valence-electron chi connectivity index (χ1n) is 9.25. The van der Waals surface area contributed by atoms with Gasteiger partial charge in [0.1, 0.15) is 5.82 Å². The highest BCUT2D eigenvalue weighted by Crippen LogP contribution is 2.21. The van der Waals surface area contributed by atoms with Gasteiger partial charge >= 0.3 is 0 Å². The molecule has 0 aliphatic rings. The number of fused-ring (bicyclic) bond motifs is 1. The normalized spacial score (nSPS) is 12.1. The molecule has 2 aromatic carbocycles.